The number of hydrogen-bond donors (Lipinski definition) is 1. The summed E-state index contributed by atoms with van der Waals surface area (Å²) in [5.74, 6) is 1.09. The van der Waals surface area contributed by atoms with Gasteiger partial charge in [-0.05, 0) is 47.6 Å². The number of carbonyl (C=O) groups is 2. The Morgan fingerprint density at radius 3 is 2.50 bits per heavy atom. The highest BCUT2D eigenvalue weighted by molar-refractivity contribution is 7.10. The van der Waals surface area contributed by atoms with E-state index in [4.69, 9.17) is 29.6 Å². The molecule has 0 radical (unpaired) electrons. The van der Waals surface area contributed by atoms with Gasteiger partial charge < -0.3 is 5.32 Å². The van der Waals surface area contributed by atoms with Crippen LogP contribution in [-0.2, 0) is 16.0 Å². The van der Waals surface area contributed by atoms with Gasteiger partial charge in [0, 0.05) is 16.4 Å². The highest BCUT2D eigenvalue weighted by Gasteiger charge is 2.34. The molecule has 1 aromatic heterocycles. The maximum atomic E-state index is 13.2. The number of carbonyl (C=O) groups excluding carboxylic acids is 2. The second-order valence-electron chi connectivity index (χ2n) is 6.36. The van der Waals surface area contributed by atoms with Crippen molar-refractivity contribution >= 4 is 52.0 Å². The third kappa shape index (κ3) is 5.22. The van der Waals surface area contributed by atoms with Gasteiger partial charge >= 0.3 is 5.91 Å². The Hall–Kier alpha value is -2.78. The van der Waals surface area contributed by atoms with Crippen LogP contribution in [0.2, 0.25) is 10.0 Å². The molecular weight excluding hydrogens is 439 g/mol. The van der Waals surface area contributed by atoms with E-state index in [1.54, 1.807) is 18.2 Å². The van der Waals surface area contributed by atoms with E-state index in [1.165, 1.54) is 22.3 Å². The first-order chi connectivity index (χ1) is 14.5. The molecular formula is C23H18Cl2N2O2S. The lowest BCUT2D eigenvalue weighted by Crippen LogP contribution is -2.44. The maximum absolute atomic E-state index is 13.2. The number of nitrogens with zero attached hydrogens (tertiary/aromatic N) is 1. The lowest BCUT2D eigenvalue weighted by atomic mass is 10.1. The number of benzene rings is 2. The van der Waals surface area contributed by atoms with E-state index in [1.807, 2.05) is 41.8 Å². The fraction of sp³-hybridized carbons (Fsp3) is 0.130. The van der Waals surface area contributed by atoms with Crippen molar-refractivity contribution < 1.29 is 9.59 Å². The van der Waals surface area contributed by atoms with Crippen LogP contribution in [0.4, 0.5) is 5.69 Å². The van der Waals surface area contributed by atoms with Crippen LogP contribution in [0.15, 0.2) is 66.0 Å². The second kappa shape index (κ2) is 10.3. The monoisotopic (exact) mass is 456 g/mol. The van der Waals surface area contributed by atoms with Crippen LogP contribution in [0, 0.1) is 12.3 Å². The first-order valence-electron chi connectivity index (χ1n) is 9.11. The van der Waals surface area contributed by atoms with Gasteiger partial charge in [-0.1, -0.05) is 59.6 Å². The van der Waals surface area contributed by atoms with Gasteiger partial charge in [-0.3, -0.25) is 14.5 Å². The first kappa shape index (κ1) is 21.9. The number of anilines is 1. The molecule has 0 fully saturated rings. The molecule has 3 aromatic rings. The number of thiophene rings is 1. The van der Waals surface area contributed by atoms with E-state index >= 15 is 0 Å². The zero-order valence-electron chi connectivity index (χ0n) is 15.8. The maximum Gasteiger partial charge on any atom is 0.303 e. The van der Waals surface area contributed by atoms with Crippen LogP contribution < -0.4 is 10.2 Å². The number of nitrogens with one attached hydrogen (secondary N) is 1. The molecule has 2 aromatic carbocycles. The minimum atomic E-state index is -0.956. The smallest absolute Gasteiger partial charge is 0.303 e. The standard InChI is InChI=1S/C23H18Cl2N2O2S/c1-2-21(28)27(19-11-10-17(24)15-18(19)25)22(20-9-6-14-30-20)23(29)26-13-12-16-7-4-3-5-8-16/h1,3-11,14-15,22H,12-13H2,(H,26,29). The topological polar surface area (TPSA) is 49.4 Å². The van der Waals surface area contributed by atoms with Gasteiger partial charge in [0.2, 0.25) is 5.91 Å². The predicted octanol–water partition coefficient (Wildman–Crippen LogP) is 5.12. The summed E-state index contributed by atoms with van der Waals surface area (Å²) in [7, 11) is 0. The van der Waals surface area contributed by atoms with Gasteiger partial charge in [-0.2, -0.15) is 0 Å². The van der Waals surface area contributed by atoms with Crippen LogP contribution in [0.1, 0.15) is 16.5 Å². The van der Waals surface area contributed by atoms with E-state index in [-0.39, 0.29) is 10.9 Å². The summed E-state index contributed by atoms with van der Waals surface area (Å²) in [4.78, 5) is 27.8. The number of amides is 2. The summed E-state index contributed by atoms with van der Waals surface area (Å²) in [6.45, 7) is 0.414. The van der Waals surface area contributed by atoms with E-state index in [2.05, 4.69) is 11.2 Å². The van der Waals surface area contributed by atoms with Crippen molar-refractivity contribution in [3.05, 3.63) is 86.5 Å². The second-order valence-corrected chi connectivity index (χ2v) is 8.18. The molecule has 4 nitrogen and oxygen atoms in total. The predicted molar refractivity (Wildman–Crippen MR) is 123 cm³/mol. The lowest BCUT2D eigenvalue weighted by Gasteiger charge is -2.29. The molecule has 0 aliphatic heterocycles. The number of hydrogen-bond acceptors (Lipinski definition) is 3. The minimum Gasteiger partial charge on any atom is -0.354 e. The molecule has 7 heteroatoms. The molecule has 2 amide bonds. The van der Waals surface area contributed by atoms with Crippen molar-refractivity contribution in [3.8, 4) is 12.3 Å². The van der Waals surface area contributed by atoms with Crippen molar-refractivity contribution in [1.29, 1.82) is 0 Å². The van der Waals surface area contributed by atoms with Crippen molar-refractivity contribution in [2.24, 2.45) is 0 Å². The molecule has 0 spiro atoms. The summed E-state index contributed by atoms with van der Waals surface area (Å²) < 4.78 is 0. The number of rotatable bonds is 7. The quantitative estimate of drug-likeness (QED) is 0.501. The molecule has 1 atom stereocenters. The fourth-order valence-corrected chi connectivity index (χ4v) is 4.32. The van der Waals surface area contributed by atoms with Crippen LogP contribution >= 0.6 is 34.5 Å². The summed E-state index contributed by atoms with van der Waals surface area (Å²) in [6.07, 6.45) is 6.08. The molecule has 1 heterocycles. The van der Waals surface area contributed by atoms with Crippen LogP contribution in [-0.4, -0.2) is 18.4 Å². The SMILES string of the molecule is C#CC(=O)N(c1ccc(Cl)cc1Cl)C(C(=O)NCCc1ccccc1)c1cccs1. The van der Waals surface area contributed by atoms with Gasteiger partial charge in [0.05, 0.1) is 10.7 Å². The number of halogens is 2. The summed E-state index contributed by atoms with van der Waals surface area (Å²) in [5.41, 5.74) is 1.42. The third-order valence-electron chi connectivity index (χ3n) is 4.39. The minimum absolute atomic E-state index is 0.227. The molecule has 0 aliphatic rings. The van der Waals surface area contributed by atoms with Gasteiger partial charge in [-0.25, -0.2) is 0 Å². The summed E-state index contributed by atoms with van der Waals surface area (Å²) >= 11 is 13.7. The number of terminal acetylenes is 1. The Morgan fingerprint density at radius 2 is 1.87 bits per heavy atom. The first-order valence-corrected chi connectivity index (χ1v) is 10.7. The molecule has 1 unspecified atom stereocenters. The molecule has 30 heavy (non-hydrogen) atoms. The van der Waals surface area contributed by atoms with E-state index in [9.17, 15) is 9.59 Å². The third-order valence-corrected chi connectivity index (χ3v) is 5.85. The van der Waals surface area contributed by atoms with Crippen molar-refractivity contribution in [3.63, 3.8) is 0 Å². The molecule has 1 N–H and O–H groups in total. The molecule has 152 valence electrons. The average molecular weight is 457 g/mol. The van der Waals surface area contributed by atoms with Crippen LogP contribution in [0.5, 0.6) is 0 Å². The van der Waals surface area contributed by atoms with Gasteiger partial charge in [0.15, 0.2) is 6.04 Å². The zero-order valence-corrected chi connectivity index (χ0v) is 18.2. The lowest BCUT2D eigenvalue weighted by molar-refractivity contribution is -0.125. The molecule has 0 bridgehead atoms. The van der Waals surface area contributed by atoms with E-state index < -0.39 is 11.9 Å². The molecule has 0 saturated heterocycles. The fourth-order valence-electron chi connectivity index (χ4n) is 3.00. The highest BCUT2D eigenvalue weighted by atomic mass is 35.5. The van der Waals surface area contributed by atoms with Crippen LogP contribution in [0.25, 0.3) is 0 Å². The Bertz CT molecular complexity index is 1060. The van der Waals surface area contributed by atoms with Crippen molar-refractivity contribution in [2.75, 3.05) is 11.4 Å². The van der Waals surface area contributed by atoms with Gasteiger partial charge in [0.1, 0.15) is 0 Å². The Morgan fingerprint density at radius 1 is 1.10 bits per heavy atom. The van der Waals surface area contributed by atoms with Crippen molar-refractivity contribution in [2.45, 2.75) is 12.5 Å². The normalized spacial score (nSPS) is 11.4. The van der Waals surface area contributed by atoms with E-state index in [0.29, 0.717) is 28.6 Å². The molecule has 3 rings (SSSR count). The Balaban J connectivity index is 1.91. The Labute approximate surface area is 189 Å². The Kier molecular flexibility index (Phi) is 7.53. The molecule has 0 saturated carbocycles. The zero-order chi connectivity index (χ0) is 21.5. The largest absolute Gasteiger partial charge is 0.354 e. The van der Waals surface area contributed by atoms with Crippen LogP contribution in [0.3, 0.4) is 0 Å². The average Bonchev–Trinajstić information content (AvgIpc) is 3.27. The summed E-state index contributed by atoms with van der Waals surface area (Å²) in [5, 5.41) is 5.39. The summed E-state index contributed by atoms with van der Waals surface area (Å²) in [6, 6.07) is 17.1. The van der Waals surface area contributed by atoms with Gasteiger partial charge in [-0.15, -0.1) is 17.8 Å². The van der Waals surface area contributed by atoms with Crippen molar-refractivity contribution in [1.82, 2.24) is 5.32 Å². The highest BCUT2D eigenvalue weighted by Crippen LogP contribution is 2.36. The molecule has 0 aliphatic carbocycles. The van der Waals surface area contributed by atoms with E-state index in [0.717, 1.165) is 5.56 Å². The van der Waals surface area contributed by atoms with Gasteiger partial charge in [0.25, 0.3) is 0 Å².